The Kier molecular flexibility index (Phi) is 13.1. The van der Waals surface area contributed by atoms with Gasteiger partial charge in [0.1, 0.15) is 18.1 Å². The molecule has 0 rings (SSSR count). The van der Waals surface area contributed by atoms with Crippen molar-refractivity contribution in [1.29, 1.82) is 0 Å². The highest BCUT2D eigenvalue weighted by atomic mass is 32.2. The molecule has 0 spiro atoms. The van der Waals surface area contributed by atoms with Gasteiger partial charge in [0, 0.05) is 12.2 Å². The highest BCUT2D eigenvalue weighted by Gasteiger charge is 2.29. The Labute approximate surface area is 178 Å². The fourth-order valence-electron chi connectivity index (χ4n) is 2.07. The van der Waals surface area contributed by atoms with Crippen LogP contribution >= 0.6 is 24.4 Å². The maximum Gasteiger partial charge on any atom is 0.326 e. The Bertz CT molecular complexity index is 604. The highest BCUT2D eigenvalue weighted by Crippen LogP contribution is 2.04. The van der Waals surface area contributed by atoms with Gasteiger partial charge in [0.15, 0.2) is 0 Å². The van der Waals surface area contributed by atoms with E-state index >= 15 is 0 Å². The molecule has 0 saturated carbocycles. The smallest absolute Gasteiger partial charge is 0.326 e. The molecule has 0 fully saturated rings. The standard InChI is InChI=1S/C16H28N4O7S2/c1-8(17)13(23)18-9(3-4-12(21)22)14(24)20-11(7-28)15(25)19-10(16(26)27)5-6-29-2/h8-11,28H,3-7,17H2,1-2H3,(H,18,23)(H,19,25)(H,20,24)(H,21,22)(H,26,27). The molecule has 11 nitrogen and oxygen atoms in total. The summed E-state index contributed by atoms with van der Waals surface area (Å²) in [5, 5.41) is 25.1. The molecule has 0 aliphatic rings. The second-order valence-electron chi connectivity index (χ2n) is 6.21. The molecule has 29 heavy (non-hydrogen) atoms. The minimum atomic E-state index is -1.23. The van der Waals surface area contributed by atoms with Crippen LogP contribution in [0.4, 0.5) is 0 Å². The Morgan fingerprint density at radius 2 is 1.45 bits per heavy atom. The number of carboxylic acid groups (broad SMARTS) is 2. The number of thioether (sulfide) groups is 1. The van der Waals surface area contributed by atoms with Crippen molar-refractivity contribution in [2.24, 2.45) is 5.73 Å². The lowest BCUT2D eigenvalue weighted by atomic mass is 10.1. The Morgan fingerprint density at radius 3 is 1.90 bits per heavy atom. The number of rotatable bonds is 14. The molecule has 0 aromatic heterocycles. The molecular formula is C16H28N4O7S2. The summed E-state index contributed by atoms with van der Waals surface area (Å²) in [6.07, 6.45) is 1.38. The Hall–Kier alpha value is -1.99. The van der Waals surface area contributed by atoms with Crippen molar-refractivity contribution in [1.82, 2.24) is 16.0 Å². The third-order valence-electron chi connectivity index (χ3n) is 3.73. The second kappa shape index (κ2) is 14.1. The van der Waals surface area contributed by atoms with Gasteiger partial charge in [-0.1, -0.05) is 0 Å². The van der Waals surface area contributed by atoms with Crippen molar-refractivity contribution < 1.29 is 34.2 Å². The molecule has 0 aliphatic heterocycles. The molecule has 0 aromatic rings. The van der Waals surface area contributed by atoms with Crippen molar-refractivity contribution in [3.05, 3.63) is 0 Å². The topological polar surface area (TPSA) is 188 Å². The van der Waals surface area contributed by atoms with Crippen LogP contribution in [0.1, 0.15) is 26.2 Å². The molecule has 0 aromatic carbocycles. The van der Waals surface area contributed by atoms with E-state index in [4.69, 9.17) is 10.8 Å². The summed E-state index contributed by atoms with van der Waals surface area (Å²) in [5.74, 6) is -4.22. The fourth-order valence-corrected chi connectivity index (χ4v) is 2.80. The minimum Gasteiger partial charge on any atom is -0.481 e. The van der Waals surface area contributed by atoms with E-state index < -0.39 is 60.2 Å². The van der Waals surface area contributed by atoms with E-state index in [0.717, 1.165) is 0 Å². The third kappa shape index (κ3) is 10.9. The predicted octanol–water partition coefficient (Wildman–Crippen LogP) is -1.58. The van der Waals surface area contributed by atoms with Crippen LogP contribution in [0.15, 0.2) is 0 Å². The molecule has 0 aliphatic carbocycles. The Morgan fingerprint density at radius 1 is 0.931 bits per heavy atom. The normalized spacial score (nSPS) is 14.8. The third-order valence-corrected chi connectivity index (χ3v) is 4.74. The summed E-state index contributed by atoms with van der Waals surface area (Å²) in [4.78, 5) is 58.7. The molecule has 0 saturated heterocycles. The van der Waals surface area contributed by atoms with Gasteiger partial charge in [-0.2, -0.15) is 24.4 Å². The van der Waals surface area contributed by atoms with Gasteiger partial charge in [-0.25, -0.2) is 4.79 Å². The van der Waals surface area contributed by atoms with Gasteiger partial charge in [-0.05, 0) is 31.8 Å². The van der Waals surface area contributed by atoms with Crippen LogP contribution in [-0.2, 0) is 24.0 Å². The van der Waals surface area contributed by atoms with E-state index in [0.29, 0.717) is 5.75 Å². The lowest BCUT2D eigenvalue weighted by molar-refractivity contribution is -0.142. The predicted molar refractivity (Wildman–Crippen MR) is 111 cm³/mol. The minimum absolute atomic E-state index is 0.140. The number of nitrogens with one attached hydrogen (secondary N) is 3. The van der Waals surface area contributed by atoms with E-state index in [-0.39, 0.29) is 18.6 Å². The summed E-state index contributed by atoms with van der Waals surface area (Å²) < 4.78 is 0. The van der Waals surface area contributed by atoms with E-state index in [9.17, 15) is 29.1 Å². The molecule has 4 atom stereocenters. The van der Waals surface area contributed by atoms with E-state index in [2.05, 4.69) is 28.6 Å². The van der Waals surface area contributed by atoms with E-state index in [1.807, 2.05) is 0 Å². The monoisotopic (exact) mass is 452 g/mol. The molecule has 7 N–H and O–H groups in total. The molecule has 3 amide bonds. The zero-order chi connectivity index (χ0) is 22.6. The molecule has 13 heteroatoms. The first-order valence-corrected chi connectivity index (χ1v) is 10.8. The van der Waals surface area contributed by atoms with Gasteiger partial charge in [0.05, 0.1) is 6.04 Å². The average Bonchev–Trinajstić information content (AvgIpc) is 2.65. The first-order valence-electron chi connectivity index (χ1n) is 8.74. The number of carboxylic acids is 2. The zero-order valence-electron chi connectivity index (χ0n) is 16.2. The number of nitrogens with two attached hydrogens (primary N) is 1. The first kappa shape index (κ1) is 27.0. The van der Waals surface area contributed by atoms with Gasteiger partial charge >= 0.3 is 11.9 Å². The molecule has 0 heterocycles. The largest absolute Gasteiger partial charge is 0.481 e. The highest BCUT2D eigenvalue weighted by molar-refractivity contribution is 7.98. The first-order chi connectivity index (χ1) is 13.5. The maximum absolute atomic E-state index is 12.5. The van der Waals surface area contributed by atoms with Crippen LogP contribution in [-0.4, -0.2) is 81.8 Å². The van der Waals surface area contributed by atoms with Crippen molar-refractivity contribution in [3.63, 3.8) is 0 Å². The SMILES string of the molecule is CSCCC(NC(=O)C(CS)NC(=O)C(CCC(=O)O)NC(=O)C(C)N)C(=O)O. The number of amides is 3. The summed E-state index contributed by atoms with van der Waals surface area (Å²) in [6.45, 7) is 1.39. The number of carbonyl (C=O) groups is 5. The van der Waals surface area contributed by atoms with Gasteiger partial charge in [-0.15, -0.1) is 0 Å². The molecule has 0 radical (unpaired) electrons. The van der Waals surface area contributed by atoms with Crippen LogP contribution in [0.3, 0.4) is 0 Å². The molecule has 4 unspecified atom stereocenters. The van der Waals surface area contributed by atoms with Crippen LogP contribution < -0.4 is 21.7 Å². The fraction of sp³-hybridized carbons (Fsp3) is 0.688. The van der Waals surface area contributed by atoms with Gasteiger partial charge in [0.25, 0.3) is 0 Å². The number of aliphatic carboxylic acids is 2. The number of carbonyl (C=O) groups excluding carboxylic acids is 3. The van der Waals surface area contributed by atoms with E-state index in [1.54, 1.807) is 6.26 Å². The number of thiol groups is 1. The Balaban J connectivity index is 5.14. The van der Waals surface area contributed by atoms with Crippen molar-refractivity contribution in [2.75, 3.05) is 17.8 Å². The van der Waals surface area contributed by atoms with Crippen molar-refractivity contribution >= 4 is 54.1 Å². The number of hydrogen-bond acceptors (Lipinski definition) is 8. The lowest BCUT2D eigenvalue weighted by Gasteiger charge is -2.23. The molecule has 0 bridgehead atoms. The summed E-state index contributed by atoms with van der Waals surface area (Å²) in [5.41, 5.74) is 5.45. The maximum atomic E-state index is 12.5. The second-order valence-corrected chi connectivity index (χ2v) is 7.56. The van der Waals surface area contributed by atoms with Crippen LogP contribution in [0.25, 0.3) is 0 Å². The molecule has 166 valence electrons. The van der Waals surface area contributed by atoms with Crippen molar-refractivity contribution in [3.8, 4) is 0 Å². The summed E-state index contributed by atoms with van der Waals surface area (Å²) >= 11 is 5.42. The zero-order valence-corrected chi connectivity index (χ0v) is 17.9. The lowest BCUT2D eigenvalue weighted by Crippen LogP contribution is -2.57. The van der Waals surface area contributed by atoms with Gasteiger partial charge in [0.2, 0.25) is 17.7 Å². The molecular weight excluding hydrogens is 424 g/mol. The summed E-state index contributed by atoms with van der Waals surface area (Å²) in [7, 11) is 0. The van der Waals surface area contributed by atoms with Gasteiger partial charge in [-0.3, -0.25) is 19.2 Å². The van der Waals surface area contributed by atoms with Crippen LogP contribution in [0, 0.1) is 0 Å². The van der Waals surface area contributed by atoms with Crippen LogP contribution in [0.5, 0.6) is 0 Å². The van der Waals surface area contributed by atoms with E-state index in [1.165, 1.54) is 18.7 Å². The van der Waals surface area contributed by atoms with Crippen LogP contribution in [0.2, 0.25) is 0 Å². The quantitative estimate of drug-likeness (QED) is 0.153. The van der Waals surface area contributed by atoms with Gasteiger partial charge < -0.3 is 31.9 Å². The number of hydrogen-bond donors (Lipinski definition) is 7. The average molecular weight is 453 g/mol. The summed E-state index contributed by atoms with van der Waals surface area (Å²) in [6, 6.07) is -4.46. The van der Waals surface area contributed by atoms with Crippen molar-refractivity contribution in [2.45, 2.75) is 50.4 Å².